The molecular weight excluding hydrogens is 565 g/mol. The SMILES string of the molecule is CC1(c2ccc([S+](c3ccccc3)c3ccc(OCCC(F)C(F)(F)S(=O)(=O)O)cc3)cc2)OCCCCCO1. The minimum Gasteiger partial charge on any atom is -0.493 e. The average Bonchev–Trinajstić information content (AvgIpc) is 2.92. The molecule has 1 N–H and O–H groups in total. The van der Waals surface area contributed by atoms with Crippen LogP contribution in [-0.4, -0.2) is 44.2 Å². The predicted octanol–water partition coefficient (Wildman–Crippen LogP) is 6.76. The second kappa shape index (κ2) is 12.9. The molecule has 0 aliphatic carbocycles. The average molecular weight is 598 g/mol. The fourth-order valence-electron chi connectivity index (χ4n) is 4.26. The molecule has 6 nitrogen and oxygen atoms in total. The molecule has 0 radical (unpaired) electrons. The van der Waals surface area contributed by atoms with Gasteiger partial charge in [0.25, 0.3) is 0 Å². The van der Waals surface area contributed by atoms with Gasteiger partial charge in [0.1, 0.15) is 5.75 Å². The molecule has 216 valence electrons. The Balaban J connectivity index is 1.50. The first-order valence-corrected chi connectivity index (χ1v) is 15.6. The molecule has 3 aromatic rings. The van der Waals surface area contributed by atoms with Crippen molar-refractivity contribution in [2.24, 2.45) is 0 Å². The van der Waals surface area contributed by atoms with Gasteiger partial charge in [-0.05, 0) is 86.8 Å². The summed E-state index contributed by atoms with van der Waals surface area (Å²) >= 11 is 0. The van der Waals surface area contributed by atoms with E-state index in [0.717, 1.165) is 39.5 Å². The van der Waals surface area contributed by atoms with E-state index in [-0.39, 0.29) is 0 Å². The normalized spacial score (nSPS) is 17.8. The largest absolute Gasteiger partial charge is 0.493 e. The first kappa shape index (κ1) is 30.4. The Morgan fingerprint density at radius 1 is 0.900 bits per heavy atom. The second-order valence-electron chi connectivity index (χ2n) is 9.46. The third kappa shape index (κ3) is 7.19. The van der Waals surface area contributed by atoms with Crippen LogP contribution >= 0.6 is 0 Å². The molecular formula is C29H32F3O6S2+. The van der Waals surface area contributed by atoms with Crippen LogP contribution in [0.3, 0.4) is 0 Å². The standard InChI is InChI=1S/C29H31F3O6S2/c1-28(37-19-6-3-7-20-38-28)22-10-14-25(15-11-22)39(24-8-4-2-5-9-24)26-16-12-23(13-17-26)36-21-18-27(30)29(31,32)40(33,34)35/h2,4-5,8-17,27H,3,6-7,18-21H2,1H3/p+1. The molecule has 1 aliphatic heterocycles. The van der Waals surface area contributed by atoms with Crippen LogP contribution in [0.15, 0.2) is 93.5 Å². The summed E-state index contributed by atoms with van der Waals surface area (Å²) in [6.07, 6.45) is -0.936. The Hall–Kier alpha value is -2.57. The number of ether oxygens (including phenoxy) is 3. The lowest BCUT2D eigenvalue weighted by atomic mass is 10.1. The van der Waals surface area contributed by atoms with Crippen molar-refractivity contribution in [2.75, 3.05) is 19.8 Å². The van der Waals surface area contributed by atoms with Crippen LogP contribution in [-0.2, 0) is 36.3 Å². The fourth-order valence-corrected chi connectivity index (χ4v) is 6.77. The highest BCUT2D eigenvalue weighted by Crippen LogP contribution is 2.35. The van der Waals surface area contributed by atoms with E-state index in [4.69, 9.17) is 18.8 Å². The molecule has 3 aromatic carbocycles. The van der Waals surface area contributed by atoms with E-state index in [0.29, 0.717) is 19.0 Å². The maximum Gasteiger partial charge on any atom is 0.400 e. The molecule has 0 bridgehead atoms. The Morgan fingerprint density at radius 3 is 1.98 bits per heavy atom. The van der Waals surface area contributed by atoms with Gasteiger partial charge in [0.05, 0.1) is 30.7 Å². The first-order chi connectivity index (χ1) is 19.0. The van der Waals surface area contributed by atoms with Crippen molar-refractivity contribution in [1.29, 1.82) is 0 Å². The molecule has 0 aromatic heterocycles. The van der Waals surface area contributed by atoms with Gasteiger partial charge in [-0.1, -0.05) is 18.2 Å². The van der Waals surface area contributed by atoms with Crippen LogP contribution in [0.1, 0.15) is 38.2 Å². The summed E-state index contributed by atoms with van der Waals surface area (Å²) < 4.78 is 88.1. The molecule has 11 heteroatoms. The van der Waals surface area contributed by atoms with E-state index in [1.165, 1.54) is 0 Å². The van der Waals surface area contributed by atoms with Crippen LogP contribution in [0, 0.1) is 0 Å². The Kier molecular flexibility index (Phi) is 9.84. The van der Waals surface area contributed by atoms with Gasteiger partial charge >= 0.3 is 15.4 Å². The third-order valence-electron chi connectivity index (χ3n) is 6.55. The highest BCUT2D eigenvalue weighted by Gasteiger charge is 2.52. The number of halogens is 3. The molecule has 2 unspecified atom stereocenters. The van der Waals surface area contributed by atoms with Crippen molar-refractivity contribution in [1.82, 2.24) is 0 Å². The molecule has 0 amide bonds. The third-order valence-corrected chi connectivity index (χ3v) is 9.72. The van der Waals surface area contributed by atoms with Crippen molar-refractivity contribution in [3.63, 3.8) is 0 Å². The van der Waals surface area contributed by atoms with E-state index >= 15 is 0 Å². The van der Waals surface area contributed by atoms with Crippen molar-refractivity contribution in [3.8, 4) is 5.75 Å². The quantitative estimate of drug-likeness (QED) is 0.206. The van der Waals surface area contributed by atoms with Crippen LogP contribution in [0.5, 0.6) is 5.75 Å². The number of rotatable bonds is 10. The minimum absolute atomic E-state index is 0.310. The lowest BCUT2D eigenvalue weighted by Gasteiger charge is -2.32. The Morgan fingerprint density at radius 2 is 1.43 bits per heavy atom. The van der Waals surface area contributed by atoms with Gasteiger partial charge in [-0.25, -0.2) is 4.39 Å². The molecule has 0 spiro atoms. The van der Waals surface area contributed by atoms with Gasteiger partial charge in [0.15, 0.2) is 26.6 Å². The second-order valence-corrected chi connectivity index (χ2v) is 13.0. The van der Waals surface area contributed by atoms with E-state index in [9.17, 15) is 21.6 Å². The monoisotopic (exact) mass is 597 g/mol. The Bertz CT molecular complexity index is 1330. The molecule has 1 heterocycles. The first-order valence-electron chi connectivity index (χ1n) is 12.9. The van der Waals surface area contributed by atoms with Gasteiger partial charge in [0, 0.05) is 12.0 Å². The van der Waals surface area contributed by atoms with E-state index in [1.807, 2.05) is 61.5 Å². The zero-order chi connectivity index (χ0) is 28.8. The van der Waals surface area contributed by atoms with Crippen LogP contribution in [0.2, 0.25) is 0 Å². The van der Waals surface area contributed by atoms with Crippen LogP contribution in [0.4, 0.5) is 13.2 Å². The lowest BCUT2D eigenvalue weighted by Crippen LogP contribution is -2.39. The summed E-state index contributed by atoms with van der Waals surface area (Å²) in [5, 5.41) is -4.90. The predicted molar refractivity (Wildman–Crippen MR) is 146 cm³/mol. The number of hydrogen-bond acceptors (Lipinski definition) is 5. The van der Waals surface area contributed by atoms with E-state index in [1.54, 1.807) is 12.1 Å². The molecule has 0 saturated carbocycles. The number of alkyl halides is 3. The maximum atomic E-state index is 13.8. The zero-order valence-corrected chi connectivity index (χ0v) is 23.6. The zero-order valence-electron chi connectivity index (χ0n) is 22.0. The van der Waals surface area contributed by atoms with Crippen LogP contribution in [0.25, 0.3) is 0 Å². The van der Waals surface area contributed by atoms with Gasteiger partial charge < -0.3 is 14.2 Å². The molecule has 2 atom stereocenters. The summed E-state index contributed by atoms with van der Waals surface area (Å²) in [6, 6.07) is 25.1. The number of hydrogen-bond donors (Lipinski definition) is 1. The smallest absolute Gasteiger partial charge is 0.400 e. The minimum atomic E-state index is -5.86. The summed E-state index contributed by atoms with van der Waals surface area (Å²) in [5.41, 5.74) is 0.934. The van der Waals surface area contributed by atoms with Gasteiger partial charge in [0.2, 0.25) is 0 Å². The highest BCUT2D eigenvalue weighted by molar-refractivity contribution is 7.97. The topological polar surface area (TPSA) is 82.1 Å². The molecule has 1 fully saturated rings. The Labute approximate surface area is 235 Å². The summed E-state index contributed by atoms with van der Waals surface area (Å²) in [4.78, 5) is 3.12. The summed E-state index contributed by atoms with van der Waals surface area (Å²) in [7, 11) is -6.34. The van der Waals surface area contributed by atoms with Crippen LogP contribution < -0.4 is 4.74 Å². The van der Waals surface area contributed by atoms with E-state index < -0.39 is 51.3 Å². The summed E-state index contributed by atoms with van der Waals surface area (Å²) in [6.45, 7) is 2.71. The number of benzene rings is 3. The molecule has 1 aliphatic rings. The van der Waals surface area contributed by atoms with Gasteiger partial charge in [-0.15, -0.1) is 0 Å². The van der Waals surface area contributed by atoms with Crippen molar-refractivity contribution in [3.05, 3.63) is 84.4 Å². The molecule has 4 rings (SSSR count). The van der Waals surface area contributed by atoms with Crippen molar-refractivity contribution < 1.29 is 40.4 Å². The van der Waals surface area contributed by atoms with Gasteiger partial charge in [-0.3, -0.25) is 4.55 Å². The highest BCUT2D eigenvalue weighted by atomic mass is 32.2. The van der Waals surface area contributed by atoms with E-state index in [2.05, 4.69) is 12.1 Å². The maximum absolute atomic E-state index is 13.8. The van der Waals surface area contributed by atoms with Crippen molar-refractivity contribution in [2.45, 2.75) is 64.5 Å². The van der Waals surface area contributed by atoms with Crippen molar-refractivity contribution >= 4 is 21.0 Å². The lowest BCUT2D eigenvalue weighted by molar-refractivity contribution is -0.241. The summed E-state index contributed by atoms with van der Waals surface area (Å²) in [5.74, 6) is -0.502. The fraction of sp³-hybridized carbons (Fsp3) is 0.379. The molecule has 1 saturated heterocycles. The molecule has 40 heavy (non-hydrogen) atoms. The van der Waals surface area contributed by atoms with Gasteiger partial charge in [-0.2, -0.15) is 17.2 Å².